The minimum absolute atomic E-state index is 0.180. The van der Waals surface area contributed by atoms with Gasteiger partial charge in [0.15, 0.2) is 15.3 Å². The van der Waals surface area contributed by atoms with Crippen LogP contribution in [0.5, 0.6) is 0 Å². The van der Waals surface area contributed by atoms with Crippen molar-refractivity contribution in [2.75, 3.05) is 16.0 Å². The topological polar surface area (TPSA) is 188 Å². The highest BCUT2D eigenvalue weighted by Crippen LogP contribution is 2.12. The molecule has 8 N–H and O–H groups in total. The molecule has 0 radical (unpaired) electrons. The van der Waals surface area contributed by atoms with Crippen LogP contribution in [0, 0.1) is 0 Å². The van der Waals surface area contributed by atoms with Crippen molar-refractivity contribution >= 4 is 87.2 Å². The molecule has 3 aromatic heterocycles. The lowest BCUT2D eigenvalue weighted by Gasteiger charge is -2.11. The van der Waals surface area contributed by atoms with Gasteiger partial charge < -0.3 is 21.7 Å². The lowest BCUT2D eigenvalue weighted by atomic mass is 10.1. The zero-order chi connectivity index (χ0) is 41.8. The van der Waals surface area contributed by atoms with Crippen molar-refractivity contribution in [1.29, 1.82) is 0 Å². The number of rotatable bonds is 11. The molecule has 0 fully saturated rings. The van der Waals surface area contributed by atoms with E-state index in [1.807, 2.05) is 54.6 Å². The van der Waals surface area contributed by atoms with E-state index in [0.29, 0.717) is 40.7 Å². The summed E-state index contributed by atoms with van der Waals surface area (Å²) in [5.74, 6) is 0.826. The van der Waals surface area contributed by atoms with Crippen LogP contribution in [0.2, 0.25) is 0 Å². The van der Waals surface area contributed by atoms with E-state index in [4.69, 9.17) is 42.4 Å². The van der Waals surface area contributed by atoms with Gasteiger partial charge in [0.1, 0.15) is 17.5 Å². The fourth-order valence-corrected chi connectivity index (χ4v) is 5.82. The van der Waals surface area contributed by atoms with Gasteiger partial charge in [0, 0.05) is 34.6 Å². The molecule has 0 unspecified atom stereocenters. The van der Waals surface area contributed by atoms with Crippen LogP contribution in [0.3, 0.4) is 0 Å². The monoisotopic (exact) mass is 840 g/mol. The predicted octanol–water partition coefficient (Wildman–Crippen LogP) is 6.57. The van der Waals surface area contributed by atoms with Crippen molar-refractivity contribution < 1.29 is 14.4 Å². The second-order valence-electron chi connectivity index (χ2n) is 12.4. The summed E-state index contributed by atoms with van der Waals surface area (Å²) < 4.78 is 0. The lowest BCUT2D eigenvalue weighted by Crippen LogP contribution is -2.34. The molecule has 6 rings (SSSR count). The van der Waals surface area contributed by atoms with Gasteiger partial charge in [0.25, 0.3) is 17.7 Å². The normalized spacial score (nSPS) is 10.1. The lowest BCUT2D eigenvalue weighted by molar-refractivity contribution is 0.0969. The molecule has 0 bridgehead atoms. The first kappa shape index (κ1) is 43.3. The molecule has 3 aromatic carbocycles. The Bertz CT molecular complexity index is 2280. The fraction of sp³-hybridized carbons (Fsp3) is 0.0930. The van der Waals surface area contributed by atoms with E-state index in [2.05, 4.69) is 46.9 Å². The number of benzene rings is 3. The van der Waals surface area contributed by atoms with Gasteiger partial charge in [-0.25, -0.2) is 15.0 Å². The Morgan fingerprint density at radius 3 is 1.05 bits per heavy atom. The second kappa shape index (κ2) is 22.8. The molecule has 6 aromatic rings. The molecule has 3 amide bonds. The van der Waals surface area contributed by atoms with Gasteiger partial charge >= 0.3 is 0 Å². The van der Waals surface area contributed by atoms with Crippen LogP contribution < -0.4 is 37.6 Å². The van der Waals surface area contributed by atoms with Crippen molar-refractivity contribution in [1.82, 2.24) is 30.9 Å². The Hall–Kier alpha value is -6.85. The van der Waals surface area contributed by atoms with E-state index in [1.54, 1.807) is 91.0 Å². The molecule has 0 atom stereocenters. The maximum atomic E-state index is 12.3. The van der Waals surface area contributed by atoms with E-state index in [9.17, 15) is 14.4 Å². The summed E-state index contributed by atoms with van der Waals surface area (Å²) in [6.07, 6.45) is 2.27. The number of thiocarbonyl (C=S) groups is 3. The van der Waals surface area contributed by atoms with Crippen molar-refractivity contribution in [3.63, 3.8) is 0 Å². The van der Waals surface area contributed by atoms with Crippen molar-refractivity contribution in [2.24, 2.45) is 5.73 Å². The molecule has 13 nitrogen and oxygen atoms in total. The Balaban J connectivity index is 0.000000277. The van der Waals surface area contributed by atoms with Gasteiger partial charge in [0.05, 0.1) is 5.69 Å². The molecule has 3 heterocycles. The summed E-state index contributed by atoms with van der Waals surface area (Å²) in [5.41, 5.74) is 9.62. The molecule has 0 aliphatic heterocycles. The van der Waals surface area contributed by atoms with Crippen LogP contribution in [0.1, 0.15) is 54.6 Å². The minimum Gasteiger partial charge on any atom is -0.325 e. The molecule has 0 saturated carbocycles. The van der Waals surface area contributed by atoms with Gasteiger partial charge in [-0.1, -0.05) is 72.8 Å². The summed E-state index contributed by atoms with van der Waals surface area (Å²) >= 11 is 15.6. The number of aryl methyl sites for hydroxylation is 2. The molecule has 0 saturated heterocycles. The number of aromatic nitrogens is 3. The van der Waals surface area contributed by atoms with Crippen LogP contribution in [0.4, 0.5) is 17.5 Å². The average Bonchev–Trinajstić information content (AvgIpc) is 3.25. The number of nitrogens with zero attached hydrogens (tertiary/aromatic N) is 3. The highest BCUT2D eigenvalue weighted by Gasteiger charge is 2.11. The number of nitrogens with two attached hydrogens (primary N) is 1. The first-order chi connectivity index (χ1) is 28.6. The third-order valence-corrected chi connectivity index (χ3v) is 8.62. The van der Waals surface area contributed by atoms with E-state index < -0.39 is 0 Å². The molecule has 0 spiro atoms. The van der Waals surface area contributed by atoms with Crippen LogP contribution >= 0.6 is 36.7 Å². The highest BCUT2D eigenvalue weighted by atomic mass is 32.1. The third kappa shape index (κ3) is 14.9. The van der Waals surface area contributed by atoms with Gasteiger partial charge in [-0.15, -0.1) is 0 Å². The predicted molar refractivity (Wildman–Crippen MR) is 243 cm³/mol. The average molecular weight is 841 g/mol. The number of hydrogen-bond acceptors (Lipinski definition) is 10. The Labute approximate surface area is 357 Å². The van der Waals surface area contributed by atoms with Gasteiger partial charge in [-0.05, 0) is 129 Å². The standard InChI is InChI=1S/C29H26N6O2S2.C14H14N4OS/c36-26(20-10-3-1-4-11-20)34-28(38)32-24-18-8-16-22(30-24)14-7-15-23-17-9-19-25(31-23)33-29(39)35-27(37)21-12-5-2-6-13-21;15-9-11-7-4-8-12(16-11)17-14(20)18-13(19)10-5-2-1-3-6-10/h1-6,8-13,16-19H,7,14-15H2,(H2,30,32,34,36,38)(H2,31,33,35,37,39);1-8H,9,15H2,(H2,16,17,18,19,20). The first-order valence-electron chi connectivity index (χ1n) is 18.2. The number of carbonyl (C=O) groups is 3. The van der Waals surface area contributed by atoms with Crippen LogP contribution in [0.15, 0.2) is 146 Å². The Kier molecular flexibility index (Phi) is 16.7. The number of hydrogen-bond donors (Lipinski definition) is 7. The van der Waals surface area contributed by atoms with Gasteiger partial charge in [-0.3, -0.25) is 30.3 Å². The van der Waals surface area contributed by atoms with Crippen LogP contribution in [0.25, 0.3) is 0 Å². The molecule has 298 valence electrons. The van der Waals surface area contributed by atoms with E-state index in [-0.39, 0.29) is 33.1 Å². The number of anilines is 3. The third-order valence-electron chi connectivity index (χ3n) is 8.01. The van der Waals surface area contributed by atoms with Crippen LogP contribution in [-0.2, 0) is 19.4 Å². The molecule has 0 aliphatic rings. The van der Waals surface area contributed by atoms with Crippen molar-refractivity contribution in [2.45, 2.75) is 25.8 Å². The summed E-state index contributed by atoms with van der Waals surface area (Å²) in [5, 5.41) is 17.3. The Morgan fingerprint density at radius 1 is 0.424 bits per heavy atom. The number of pyridine rings is 3. The van der Waals surface area contributed by atoms with E-state index in [0.717, 1.165) is 36.3 Å². The molecule has 16 heteroatoms. The van der Waals surface area contributed by atoms with E-state index in [1.165, 1.54) is 0 Å². The van der Waals surface area contributed by atoms with Crippen molar-refractivity contribution in [3.05, 3.63) is 179 Å². The molecule has 59 heavy (non-hydrogen) atoms. The zero-order valence-electron chi connectivity index (χ0n) is 31.6. The molecular weight excluding hydrogens is 801 g/mol. The summed E-state index contributed by atoms with van der Waals surface area (Å²) in [4.78, 5) is 49.9. The second-order valence-corrected chi connectivity index (χ2v) is 13.6. The number of nitrogens with one attached hydrogen (secondary N) is 6. The first-order valence-corrected chi connectivity index (χ1v) is 19.5. The maximum Gasteiger partial charge on any atom is 0.257 e. The zero-order valence-corrected chi connectivity index (χ0v) is 34.0. The van der Waals surface area contributed by atoms with Crippen LogP contribution in [-0.4, -0.2) is 48.0 Å². The van der Waals surface area contributed by atoms with E-state index >= 15 is 0 Å². The minimum atomic E-state index is -0.284. The summed E-state index contributed by atoms with van der Waals surface area (Å²) in [6, 6.07) is 43.2. The largest absolute Gasteiger partial charge is 0.325 e. The SMILES string of the molecule is NCc1cccc(NC(=S)NC(=O)c2ccccc2)n1.O=C(NC(=S)Nc1cccc(CCCc2cccc(NC(=S)NC(=O)c3ccccc3)n2)n1)c1ccccc1. The number of amides is 3. The number of carbonyl (C=O) groups excluding carboxylic acids is 3. The smallest absolute Gasteiger partial charge is 0.257 e. The quantitative estimate of drug-likeness (QED) is 0.0695. The summed E-state index contributed by atoms with van der Waals surface area (Å²) in [7, 11) is 0. The summed E-state index contributed by atoms with van der Waals surface area (Å²) in [6.45, 7) is 0.346. The van der Waals surface area contributed by atoms with Crippen molar-refractivity contribution in [3.8, 4) is 0 Å². The Morgan fingerprint density at radius 2 is 0.729 bits per heavy atom. The molecule has 0 aliphatic carbocycles. The molecular formula is C43H40N10O3S3. The highest BCUT2D eigenvalue weighted by molar-refractivity contribution is 7.81. The fourth-order valence-electron chi connectivity index (χ4n) is 5.23. The van der Waals surface area contributed by atoms with Gasteiger partial charge in [-0.2, -0.15) is 0 Å². The van der Waals surface area contributed by atoms with Gasteiger partial charge in [0.2, 0.25) is 0 Å². The maximum absolute atomic E-state index is 12.3.